The summed E-state index contributed by atoms with van der Waals surface area (Å²) < 4.78 is 12.2. The van der Waals surface area contributed by atoms with Gasteiger partial charge in [0.25, 0.3) is 0 Å². The van der Waals surface area contributed by atoms with E-state index < -0.39 is 11.6 Å². The Morgan fingerprint density at radius 3 is 2.35 bits per heavy atom. The number of carbonyl (C=O) groups is 3. The van der Waals surface area contributed by atoms with Gasteiger partial charge >= 0.3 is 12.1 Å². The molecule has 10 heteroatoms. The molecule has 0 spiro atoms. The molecule has 0 saturated carbocycles. The lowest BCUT2D eigenvalue weighted by Gasteiger charge is -2.32. The van der Waals surface area contributed by atoms with Gasteiger partial charge < -0.3 is 24.3 Å². The number of benzene rings is 2. The lowest BCUT2D eigenvalue weighted by atomic mass is 9.96. The molecule has 1 saturated heterocycles. The van der Waals surface area contributed by atoms with Gasteiger partial charge in [0.2, 0.25) is 5.91 Å². The van der Waals surface area contributed by atoms with Crippen molar-refractivity contribution in [1.82, 2.24) is 14.8 Å². The molecule has 2 amide bonds. The number of amides is 2. The highest BCUT2D eigenvalue weighted by Crippen LogP contribution is 2.26. The van der Waals surface area contributed by atoms with Gasteiger partial charge in [-0.1, -0.05) is 29.8 Å². The number of hydrogen-bond acceptors (Lipinski definition) is 6. The smallest absolute Gasteiger partial charge is 0.410 e. The first-order valence-electron chi connectivity index (χ1n) is 13.3. The molecular formula is C30H34ClN3O6. The third-order valence-corrected chi connectivity index (χ3v) is 7.05. The number of nitrogens with zero attached hydrogens (tertiary/aromatic N) is 2. The van der Waals surface area contributed by atoms with Crippen molar-refractivity contribution in [2.24, 2.45) is 5.92 Å². The van der Waals surface area contributed by atoms with E-state index in [1.807, 2.05) is 51.1 Å². The van der Waals surface area contributed by atoms with Crippen LogP contribution in [0.1, 0.15) is 49.7 Å². The van der Waals surface area contributed by atoms with Gasteiger partial charge in [0, 0.05) is 47.2 Å². The van der Waals surface area contributed by atoms with E-state index in [2.05, 4.69) is 5.32 Å². The summed E-state index contributed by atoms with van der Waals surface area (Å²) in [5.74, 6) is -1.09. The van der Waals surface area contributed by atoms with Crippen molar-refractivity contribution < 1.29 is 23.9 Å². The molecule has 212 valence electrons. The van der Waals surface area contributed by atoms with Gasteiger partial charge in [0.05, 0.1) is 12.6 Å². The molecule has 1 aliphatic rings. The predicted octanol–water partition coefficient (Wildman–Crippen LogP) is 4.74. The Labute approximate surface area is 238 Å². The summed E-state index contributed by atoms with van der Waals surface area (Å²) in [5, 5.41) is 3.74. The molecule has 1 N–H and O–H groups in total. The lowest BCUT2D eigenvalue weighted by molar-refractivity contribution is -0.126. The van der Waals surface area contributed by atoms with Crippen molar-refractivity contribution in [1.29, 1.82) is 0 Å². The number of halogens is 1. The molecule has 0 unspecified atom stereocenters. The largest absolute Gasteiger partial charge is 0.464 e. The molecule has 1 aromatic heterocycles. The second-order valence-electron chi connectivity index (χ2n) is 10.8. The maximum atomic E-state index is 13.6. The van der Waals surface area contributed by atoms with Gasteiger partial charge in [-0.05, 0) is 70.4 Å². The fraction of sp³-hybridized carbons (Fsp3) is 0.400. The third kappa shape index (κ3) is 6.47. The number of aromatic nitrogens is 1. The van der Waals surface area contributed by atoms with E-state index in [0.29, 0.717) is 47.5 Å². The Morgan fingerprint density at radius 2 is 1.73 bits per heavy atom. The first-order valence-corrected chi connectivity index (χ1v) is 13.6. The molecule has 0 atom stereocenters. The topological polar surface area (TPSA) is 107 Å². The average molecular weight is 568 g/mol. The number of rotatable bonds is 6. The molecule has 1 aliphatic heterocycles. The van der Waals surface area contributed by atoms with Gasteiger partial charge in [0.1, 0.15) is 11.3 Å². The molecule has 0 radical (unpaired) electrons. The van der Waals surface area contributed by atoms with Crippen LogP contribution in [0, 0.1) is 5.92 Å². The number of pyridine rings is 1. The summed E-state index contributed by atoms with van der Waals surface area (Å²) in [6.45, 7) is 6.45. The standard InChI is InChI=1S/C30H34ClN3O6/c1-30(2,3)40-29(38)33-16-13-19(14-17-33)27(36)32-15-12-23-25(28(37)39-4)34(21-8-6-5-7-9-21)24-18-20(31)10-11-22(24)26(23)35/h5-11,18-19H,12-17H2,1-4H3,(H,32,36). The van der Waals surface area contributed by atoms with Gasteiger partial charge in [0.15, 0.2) is 5.43 Å². The number of fused-ring (bicyclic) bond motifs is 1. The molecule has 0 bridgehead atoms. The van der Waals surface area contributed by atoms with Crippen LogP contribution in [0.5, 0.6) is 0 Å². The zero-order valence-electron chi connectivity index (χ0n) is 23.2. The summed E-state index contributed by atoms with van der Waals surface area (Å²) >= 11 is 6.28. The van der Waals surface area contributed by atoms with Crippen molar-refractivity contribution in [3.8, 4) is 5.69 Å². The lowest BCUT2D eigenvalue weighted by Crippen LogP contribution is -2.45. The van der Waals surface area contributed by atoms with Crippen molar-refractivity contribution in [2.45, 2.75) is 45.6 Å². The summed E-state index contributed by atoms with van der Waals surface area (Å²) in [6.07, 6.45) is 0.762. The van der Waals surface area contributed by atoms with E-state index in [9.17, 15) is 19.2 Å². The van der Waals surface area contributed by atoms with Gasteiger partial charge in [-0.2, -0.15) is 0 Å². The minimum atomic E-state index is -0.668. The van der Waals surface area contributed by atoms with E-state index in [4.69, 9.17) is 21.1 Å². The fourth-order valence-corrected chi connectivity index (χ4v) is 5.07. The first kappa shape index (κ1) is 29.1. The summed E-state index contributed by atoms with van der Waals surface area (Å²) in [7, 11) is 1.26. The molecule has 0 aliphatic carbocycles. The number of ether oxygens (including phenoxy) is 2. The maximum Gasteiger partial charge on any atom is 0.410 e. The Hall–Kier alpha value is -3.85. The number of carbonyl (C=O) groups excluding carboxylic acids is 3. The summed E-state index contributed by atoms with van der Waals surface area (Å²) in [6, 6.07) is 14.1. The van der Waals surface area contributed by atoms with Crippen molar-refractivity contribution >= 4 is 40.5 Å². The molecular weight excluding hydrogens is 534 g/mol. The molecule has 2 aromatic carbocycles. The summed E-state index contributed by atoms with van der Waals surface area (Å²) in [5.41, 5.74) is 0.576. The number of hydrogen-bond donors (Lipinski definition) is 1. The summed E-state index contributed by atoms with van der Waals surface area (Å²) in [4.78, 5) is 53.6. The Bertz CT molecular complexity index is 1470. The van der Waals surface area contributed by atoms with E-state index >= 15 is 0 Å². The Morgan fingerprint density at radius 1 is 1.05 bits per heavy atom. The highest BCUT2D eigenvalue weighted by molar-refractivity contribution is 6.31. The second-order valence-corrected chi connectivity index (χ2v) is 11.2. The first-order chi connectivity index (χ1) is 19.0. The zero-order chi connectivity index (χ0) is 29.0. The van der Waals surface area contributed by atoms with E-state index in [-0.39, 0.29) is 47.6 Å². The molecule has 2 heterocycles. The van der Waals surface area contributed by atoms with Crippen LogP contribution in [0.2, 0.25) is 5.02 Å². The number of methoxy groups -OCH3 is 1. The van der Waals surface area contributed by atoms with Crippen LogP contribution in [-0.2, 0) is 20.7 Å². The van der Waals surface area contributed by atoms with E-state index in [0.717, 1.165) is 0 Å². The van der Waals surface area contributed by atoms with E-state index in [1.165, 1.54) is 7.11 Å². The minimum absolute atomic E-state index is 0.0911. The minimum Gasteiger partial charge on any atom is -0.464 e. The molecule has 1 fully saturated rings. The Balaban J connectivity index is 1.55. The highest BCUT2D eigenvalue weighted by Gasteiger charge is 2.30. The van der Waals surface area contributed by atoms with Crippen LogP contribution in [0.3, 0.4) is 0 Å². The SMILES string of the molecule is COC(=O)c1c(CCNC(=O)C2CCN(C(=O)OC(C)(C)C)CC2)c(=O)c2ccc(Cl)cc2n1-c1ccccc1. The fourth-order valence-electron chi connectivity index (χ4n) is 4.90. The molecule has 3 aromatic rings. The number of para-hydroxylation sites is 1. The number of piperidine rings is 1. The second kappa shape index (κ2) is 12.1. The maximum absolute atomic E-state index is 13.6. The van der Waals surface area contributed by atoms with Gasteiger partial charge in [-0.25, -0.2) is 9.59 Å². The average Bonchev–Trinajstić information content (AvgIpc) is 2.93. The van der Waals surface area contributed by atoms with Crippen LogP contribution in [0.4, 0.5) is 4.79 Å². The monoisotopic (exact) mass is 567 g/mol. The van der Waals surface area contributed by atoms with Crippen LogP contribution in [0.25, 0.3) is 16.6 Å². The number of nitrogens with one attached hydrogen (secondary N) is 1. The van der Waals surface area contributed by atoms with Gasteiger partial charge in [-0.3, -0.25) is 9.59 Å². The van der Waals surface area contributed by atoms with Crippen LogP contribution >= 0.6 is 11.6 Å². The normalized spacial score (nSPS) is 14.2. The predicted molar refractivity (Wildman–Crippen MR) is 153 cm³/mol. The van der Waals surface area contributed by atoms with Crippen LogP contribution in [0.15, 0.2) is 53.3 Å². The molecule has 4 rings (SSSR count). The van der Waals surface area contributed by atoms with Gasteiger partial charge in [-0.15, -0.1) is 0 Å². The number of likely N-dealkylation sites (tertiary alicyclic amines) is 1. The quantitative estimate of drug-likeness (QED) is 0.431. The van der Waals surface area contributed by atoms with Crippen molar-refractivity contribution in [3.63, 3.8) is 0 Å². The Kier molecular flexibility index (Phi) is 8.83. The third-order valence-electron chi connectivity index (χ3n) is 6.81. The van der Waals surface area contributed by atoms with Crippen LogP contribution < -0.4 is 10.7 Å². The van der Waals surface area contributed by atoms with Crippen LogP contribution in [-0.4, -0.2) is 59.8 Å². The highest BCUT2D eigenvalue weighted by atomic mass is 35.5. The molecule has 9 nitrogen and oxygen atoms in total. The van der Waals surface area contributed by atoms with Crippen molar-refractivity contribution in [3.05, 3.63) is 75.0 Å². The van der Waals surface area contributed by atoms with E-state index in [1.54, 1.807) is 27.7 Å². The van der Waals surface area contributed by atoms with Crippen molar-refractivity contribution in [2.75, 3.05) is 26.7 Å². The zero-order valence-corrected chi connectivity index (χ0v) is 23.9. The molecule has 40 heavy (non-hydrogen) atoms. The number of esters is 1.